The van der Waals surface area contributed by atoms with Crippen LogP contribution in [0.2, 0.25) is 0 Å². The van der Waals surface area contributed by atoms with Crippen molar-refractivity contribution in [2.75, 3.05) is 13.1 Å². The van der Waals surface area contributed by atoms with Crippen LogP contribution in [0.15, 0.2) is 52.1 Å². The maximum Gasteiger partial charge on any atom is 2.00 e. The van der Waals surface area contributed by atoms with E-state index in [1.165, 1.54) is 0 Å². The number of rotatable bonds is 6. The zero-order chi connectivity index (χ0) is 21.1. The summed E-state index contributed by atoms with van der Waals surface area (Å²) in [5.41, 5.74) is 1.22. The first kappa shape index (κ1) is 28.8. The number of hydrogen-bond acceptors (Lipinski definition) is 4. The summed E-state index contributed by atoms with van der Waals surface area (Å²) in [5, 5.41) is 23.1. The van der Waals surface area contributed by atoms with Crippen molar-refractivity contribution in [1.29, 1.82) is 0 Å². The molecule has 0 aliphatic carbocycles. The first-order valence-electron chi connectivity index (χ1n) is 8.61. The molecular formula is C20H20Br4CoN2O2. The van der Waals surface area contributed by atoms with Crippen molar-refractivity contribution in [3.63, 3.8) is 0 Å². The van der Waals surface area contributed by atoms with E-state index >= 15 is 0 Å². The standard InChI is InChI=1S/2C10H11Br2NO.Co/c2*1-2-3-13-6-7-4-8(11)5-9(12)10(7)14;/h2*4-6,14H,2-3H2,1H3;/q;;+2/p-2. The molecule has 2 aromatic rings. The Balaban J connectivity index is 0.000000523. The van der Waals surface area contributed by atoms with Gasteiger partial charge in [0, 0.05) is 43.4 Å². The topological polar surface area (TPSA) is 70.8 Å². The third kappa shape index (κ3) is 10.6. The number of aliphatic imine (C=N–C) groups is 2. The third-order valence-corrected chi connectivity index (χ3v) is 5.33. The van der Waals surface area contributed by atoms with Gasteiger partial charge in [0.15, 0.2) is 0 Å². The van der Waals surface area contributed by atoms with Gasteiger partial charge in [-0.05, 0) is 48.2 Å². The van der Waals surface area contributed by atoms with E-state index in [-0.39, 0.29) is 28.3 Å². The first-order valence-corrected chi connectivity index (χ1v) is 11.8. The molecule has 0 unspecified atom stereocenters. The van der Waals surface area contributed by atoms with Gasteiger partial charge < -0.3 is 10.2 Å². The summed E-state index contributed by atoms with van der Waals surface area (Å²) in [6.07, 6.45) is 5.22. The second kappa shape index (κ2) is 15.6. The smallest absolute Gasteiger partial charge is 0.871 e. The molecule has 29 heavy (non-hydrogen) atoms. The number of benzene rings is 2. The van der Waals surface area contributed by atoms with Crippen molar-refractivity contribution in [2.24, 2.45) is 9.98 Å². The van der Waals surface area contributed by atoms with Crippen molar-refractivity contribution >= 4 is 76.1 Å². The van der Waals surface area contributed by atoms with Crippen LogP contribution in [-0.4, -0.2) is 25.5 Å². The summed E-state index contributed by atoms with van der Waals surface area (Å²) in [7, 11) is 0. The monoisotopic (exact) mass is 695 g/mol. The van der Waals surface area contributed by atoms with Gasteiger partial charge in [-0.1, -0.05) is 89.1 Å². The molecule has 0 aliphatic rings. The Kier molecular flexibility index (Phi) is 15.5. The number of hydrogen-bond donors (Lipinski definition) is 0. The van der Waals surface area contributed by atoms with Crippen LogP contribution in [0.3, 0.4) is 0 Å². The molecule has 4 nitrogen and oxygen atoms in total. The molecule has 1 radical (unpaired) electrons. The van der Waals surface area contributed by atoms with Gasteiger partial charge in [0.05, 0.1) is 0 Å². The summed E-state index contributed by atoms with van der Waals surface area (Å²) in [4.78, 5) is 8.27. The van der Waals surface area contributed by atoms with Gasteiger partial charge in [-0.2, -0.15) is 0 Å². The van der Waals surface area contributed by atoms with Crippen LogP contribution < -0.4 is 10.2 Å². The molecule has 0 aromatic heterocycles. The predicted octanol–water partition coefficient (Wildman–Crippen LogP) is 6.23. The molecule has 2 aromatic carbocycles. The second-order valence-electron chi connectivity index (χ2n) is 5.68. The number of halogens is 4. The minimum atomic E-state index is -0.0203. The first-order chi connectivity index (χ1) is 13.3. The molecule has 9 heteroatoms. The molecule has 0 fully saturated rings. The molecule has 0 heterocycles. The van der Waals surface area contributed by atoms with E-state index in [4.69, 9.17) is 0 Å². The van der Waals surface area contributed by atoms with Gasteiger partial charge in [0.2, 0.25) is 0 Å². The second-order valence-corrected chi connectivity index (χ2v) is 9.22. The van der Waals surface area contributed by atoms with E-state index in [1.807, 2.05) is 13.8 Å². The Hall–Kier alpha value is -0.194. The summed E-state index contributed by atoms with van der Waals surface area (Å²) in [6.45, 7) is 5.60. The van der Waals surface area contributed by atoms with Gasteiger partial charge >= 0.3 is 16.8 Å². The number of nitrogens with zero attached hydrogens (tertiary/aromatic N) is 2. The SMILES string of the molecule is CCCN=Cc1cc(Br)cc(Br)c1[O-].CCCN=Cc1cc(Br)cc(Br)c1[O-].[Co+2]. The zero-order valence-corrected chi connectivity index (χ0v) is 23.2. The maximum absolute atomic E-state index is 11.6. The van der Waals surface area contributed by atoms with Gasteiger partial charge in [-0.25, -0.2) is 0 Å². The van der Waals surface area contributed by atoms with Gasteiger partial charge in [0.1, 0.15) is 0 Å². The Labute approximate surface area is 216 Å². The van der Waals surface area contributed by atoms with E-state index in [0.717, 1.165) is 34.9 Å². The molecule has 0 amide bonds. The fourth-order valence-electron chi connectivity index (χ4n) is 1.94. The average molecular weight is 699 g/mol. The molecule has 0 N–H and O–H groups in total. The Bertz CT molecular complexity index is 776. The van der Waals surface area contributed by atoms with E-state index in [1.54, 1.807) is 36.7 Å². The van der Waals surface area contributed by atoms with Crippen molar-refractivity contribution in [3.8, 4) is 11.5 Å². The fraction of sp³-hybridized carbons (Fsp3) is 0.300. The van der Waals surface area contributed by atoms with Crippen LogP contribution in [0, 0.1) is 0 Å². The minimum Gasteiger partial charge on any atom is -0.871 e. The summed E-state index contributed by atoms with van der Waals surface area (Å²) in [6, 6.07) is 7.01. The van der Waals surface area contributed by atoms with Crippen LogP contribution in [0.4, 0.5) is 0 Å². The Morgan fingerprint density at radius 2 is 1.07 bits per heavy atom. The van der Waals surface area contributed by atoms with Gasteiger partial charge in [-0.3, -0.25) is 9.98 Å². The zero-order valence-electron chi connectivity index (χ0n) is 15.8. The van der Waals surface area contributed by atoms with E-state index in [9.17, 15) is 10.2 Å². The summed E-state index contributed by atoms with van der Waals surface area (Å²) >= 11 is 13.1. The van der Waals surface area contributed by atoms with Crippen LogP contribution in [0.1, 0.15) is 37.8 Å². The van der Waals surface area contributed by atoms with Gasteiger partial charge in [0.25, 0.3) is 0 Å². The molecule has 0 bridgehead atoms. The molecule has 0 saturated carbocycles. The Morgan fingerprint density at radius 3 is 1.38 bits per heavy atom. The normalized spacial score (nSPS) is 10.7. The molecular weight excluding hydrogens is 679 g/mol. The summed E-state index contributed by atoms with van der Waals surface area (Å²) in [5.74, 6) is -0.0406. The van der Waals surface area contributed by atoms with E-state index in [0.29, 0.717) is 20.1 Å². The fourth-order valence-corrected chi connectivity index (χ4v) is 4.45. The van der Waals surface area contributed by atoms with Crippen LogP contribution in [0.25, 0.3) is 0 Å². The van der Waals surface area contributed by atoms with E-state index < -0.39 is 0 Å². The molecule has 0 spiro atoms. The largest absolute Gasteiger partial charge is 2.00 e. The van der Waals surface area contributed by atoms with Gasteiger partial charge in [-0.15, -0.1) is 0 Å². The van der Waals surface area contributed by atoms with Crippen molar-refractivity contribution in [2.45, 2.75) is 26.7 Å². The molecule has 159 valence electrons. The molecule has 0 atom stereocenters. The van der Waals surface area contributed by atoms with Crippen LogP contribution in [-0.2, 0) is 16.8 Å². The quantitative estimate of drug-likeness (QED) is 0.336. The minimum absolute atomic E-state index is 0. The maximum atomic E-state index is 11.6. The van der Waals surface area contributed by atoms with E-state index in [2.05, 4.69) is 73.7 Å². The molecule has 2 rings (SSSR count). The van der Waals surface area contributed by atoms with Crippen LogP contribution in [0.5, 0.6) is 11.5 Å². The van der Waals surface area contributed by atoms with Crippen molar-refractivity contribution in [3.05, 3.63) is 53.3 Å². The third-order valence-electron chi connectivity index (χ3n) is 3.24. The predicted molar refractivity (Wildman–Crippen MR) is 128 cm³/mol. The molecule has 0 saturated heterocycles. The van der Waals surface area contributed by atoms with Crippen LogP contribution >= 0.6 is 63.7 Å². The average Bonchev–Trinajstić information content (AvgIpc) is 2.64. The molecule has 0 aliphatic heterocycles. The van der Waals surface area contributed by atoms with Crippen molar-refractivity contribution < 1.29 is 27.0 Å². The van der Waals surface area contributed by atoms with Crippen molar-refractivity contribution in [1.82, 2.24) is 0 Å². The summed E-state index contributed by atoms with van der Waals surface area (Å²) < 4.78 is 2.87. The Morgan fingerprint density at radius 1 is 0.724 bits per heavy atom.